The molecule has 0 atom stereocenters. The number of carbonyl (C=O) groups excluding carboxylic acids is 2. The van der Waals surface area contributed by atoms with Crippen molar-refractivity contribution in [2.45, 2.75) is 18.4 Å². The molecule has 0 radical (unpaired) electrons. The molecule has 0 saturated heterocycles. The van der Waals surface area contributed by atoms with Gasteiger partial charge in [0.2, 0.25) is 0 Å². The number of rotatable bonds is 7. The first-order valence-corrected chi connectivity index (χ1v) is 12.9. The molecule has 3 rings (SSSR count). The summed E-state index contributed by atoms with van der Waals surface area (Å²) in [5.74, 6) is -1.59. The van der Waals surface area contributed by atoms with Crippen LogP contribution in [-0.2, 0) is 25.9 Å². The van der Waals surface area contributed by atoms with Crippen LogP contribution >= 0.6 is 46.4 Å². The van der Waals surface area contributed by atoms with Gasteiger partial charge < -0.3 is 10.1 Å². The third-order valence-electron chi connectivity index (χ3n) is 4.58. The Labute approximate surface area is 215 Å². The van der Waals surface area contributed by atoms with Gasteiger partial charge in [-0.15, -0.1) is 0 Å². The lowest BCUT2D eigenvalue weighted by atomic mass is 10.2. The number of halogens is 4. The second-order valence-corrected chi connectivity index (χ2v) is 10.8. The van der Waals surface area contributed by atoms with Crippen LogP contribution in [0.5, 0.6) is 0 Å². The van der Waals surface area contributed by atoms with Gasteiger partial charge in [0, 0.05) is 16.3 Å². The molecule has 1 heterocycles. The highest BCUT2D eigenvalue weighted by molar-refractivity contribution is 7.90. The molecule has 3 aromatic rings. The van der Waals surface area contributed by atoms with Gasteiger partial charge in [-0.05, 0) is 42.8 Å². The van der Waals surface area contributed by atoms with Crippen LogP contribution in [-0.4, -0.2) is 42.9 Å². The number of nitrogens with zero attached hydrogens (tertiary/aromatic N) is 2. The van der Waals surface area contributed by atoms with Gasteiger partial charge in [-0.1, -0.05) is 52.5 Å². The SMILES string of the molecule is Cc1nn(Cc2ccc(Cl)cc2Cl)c(Cl)c1C(=O)OCC(=O)Nc1cc(S(C)(=O)=O)ccc1Cl. The Bertz CT molecular complexity index is 1390. The van der Waals surface area contributed by atoms with E-state index < -0.39 is 28.3 Å². The van der Waals surface area contributed by atoms with Crippen molar-refractivity contribution in [3.63, 3.8) is 0 Å². The minimum Gasteiger partial charge on any atom is -0.452 e. The van der Waals surface area contributed by atoms with Gasteiger partial charge in [0.1, 0.15) is 10.7 Å². The van der Waals surface area contributed by atoms with Crippen LogP contribution in [0, 0.1) is 6.92 Å². The van der Waals surface area contributed by atoms with Crippen LogP contribution in [0.25, 0.3) is 0 Å². The quantitative estimate of drug-likeness (QED) is 0.402. The van der Waals surface area contributed by atoms with E-state index in [1.807, 2.05) is 0 Å². The van der Waals surface area contributed by atoms with E-state index in [-0.39, 0.29) is 32.9 Å². The molecule has 0 aliphatic heterocycles. The van der Waals surface area contributed by atoms with Crippen LogP contribution in [0.15, 0.2) is 41.3 Å². The van der Waals surface area contributed by atoms with Gasteiger partial charge in [0.25, 0.3) is 5.91 Å². The molecular formula is C21H17Cl4N3O5S. The lowest BCUT2D eigenvalue weighted by molar-refractivity contribution is -0.119. The first kappa shape index (κ1) is 26.3. The molecule has 0 bridgehead atoms. The van der Waals surface area contributed by atoms with Crippen molar-refractivity contribution in [2.75, 3.05) is 18.2 Å². The van der Waals surface area contributed by atoms with Gasteiger partial charge in [-0.3, -0.25) is 4.79 Å². The molecule has 0 aliphatic carbocycles. The Morgan fingerprint density at radius 1 is 1.06 bits per heavy atom. The summed E-state index contributed by atoms with van der Waals surface area (Å²) >= 11 is 24.5. The van der Waals surface area contributed by atoms with E-state index in [0.29, 0.717) is 21.3 Å². The lowest BCUT2D eigenvalue weighted by Crippen LogP contribution is -2.21. The summed E-state index contributed by atoms with van der Waals surface area (Å²) in [4.78, 5) is 24.8. The van der Waals surface area contributed by atoms with E-state index in [9.17, 15) is 18.0 Å². The Morgan fingerprint density at radius 3 is 2.41 bits per heavy atom. The Balaban J connectivity index is 1.69. The second kappa shape index (κ2) is 10.5. The molecule has 0 fully saturated rings. The van der Waals surface area contributed by atoms with Crippen LogP contribution in [0.2, 0.25) is 20.2 Å². The predicted octanol–water partition coefficient (Wildman–Crippen LogP) is 5.05. The van der Waals surface area contributed by atoms with E-state index in [4.69, 9.17) is 51.1 Å². The molecule has 1 amide bonds. The number of hydrogen-bond acceptors (Lipinski definition) is 6. The second-order valence-electron chi connectivity index (χ2n) is 7.18. The van der Waals surface area contributed by atoms with Crippen LogP contribution in [0.4, 0.5) is 5.69 Å². The number of aromatic nitrogens is 2. The number of benzene rings is 2. The number of sulfone groups is 1. The third kappa shape index (κ3) is 6.22. The summed E-state index contributed by atoms with van der Waals surface area (Å²) in [6.07, 6.45) is 1.02. The molecule has 13 heteroatoms. The fourth-order valence-corrected chi connectivity index (χ4v) is 4.51. The van der Waals surface area contributed by atoms with E-state index in [1.54, 1.807) is 25.1 Å². The highest BCUT2D eigenvalue weighted by Gasteiger charge is 2.23. The molecular weight excluding hydrogens is 548 g/mol. The van der Waals surface area contributed by atoms with Crippen molar-refractivity contribution >= 4 is 73.8 Å². The van der Waals surface area contributed by atoms with E-state index in [2.05, 4.69) is 10.4 Å². The van der Waals surface area contributed by atoms with E-state index >= 15 is 0 Å². The van der Waals surface area contributed by atoms with Crippen molar-refractivity contribution < 1.29 is 22.7 Å². The van der Waals surface area contributed by atoms with Gasteiger partial charge in [-0.2, -0.15) is 5.10 Å². The molecule has 34 heavy (non-hydrogen) atoms. The summed E-state index contributed by atoms with van der Waals surface area (Å²) < 4.78 is 29.9. The number of esters is 1. The molecule has 1 N–H and O–H groups in total. The zero-order valence-electron chi connectivity index (χ0n) is 17.7. The largest absolute Gasteiger partial charge is 0.452 e. The topological polar surface area (TPSA) is 107 Å². The normalized spacial score (nSPS) is 11.4. The number of aryl methyl sites for hydroxylation is 1. The highest BCUT2D eigenvalue weighted by Crippen LogP contribution is 2.27. The van der Waals surface area contributed by atoms with Crippen molar-refractivity contribution in [3.8, 4) is 0 Å². The summed E-state index contributed by atoms with van der Waals surface area (Å²) in [7, 11) is -3.51. The minimum absolute atomic E-state index is 0.00309. The Morgan fingerprint density at radius 2 is 1.76 bits per heavy atom. The number of carbonyl (C=O) groups is 2. The number of hydrogen-bond donors (Lipinski definition) is 1. The van der Waals surface area contributed by atoms with Gasteiger partial charge >= 0.3 is 5.97 Å². The first-order valence-electron chi connectivity index (χ1n) is 9.50. The average molecular weight is 565 g/mol. The molecule has 0 aliphatic rings. The first-order chi connectivity index (χ1) is 15.9. The zero-order valence-corrected chi connectivity index (χ0v) is 21.6. The zero-order chi connectivity index (χ0) is 25.2. The Hall–Kier alpha value is -2.30. The van der Waals surface area contributed by atoms with E-state index in [1.165, 1.54) is 22.9 Å². The van der Waals surface area contributed by atoms with E-state index in [0.717, 1.165) is 6.26 Å². The van der Waals surface area contributed by atoms with Gasteiger partial charge in [0.15, 0.2) is 16.4 Å². The van der Waals surface area contributed by atoms with Crippen LogP contribution in [0.3, 0.4) is 0 Å². The fourth-order valence-electron chi connectivity index (χ4n) is 2.92. The molecule has 180 valence electrons. The summed E-state index contributed by atoms with van der Waals surface area (Å²) in [5.41, 5.74) is 1.04. The minimum atomic E-state index is -3.51. The summed E-state index contributed by atoms with van der Waals surface area (Å²) in [5, 5.41) is 7.68. The van der Waals surface area contributed by atoms with Crippen molar-refractivity contribution in [3.05, 3.63) is 73.4 Å². The fraction of sp³-hybridized carbons (Fsp3) is 0.190. The number of ether oxygens (including phenoxy) is 1. The average Bonchev–Trinajstić information content (AvgIpc) is 3.02. The monoisotopic (exact) mass is 563 g/mol. The van der Waals surface area contributed by atoms with Crippen LogP contribution < -0.4 is 5.32 Å². The number of nitrogens with one attached hydrogen (secondary N) is 1. The molecule has 8 nitrogen and oxygen atoms in total. The van der Waals surface area contributed by atoms with Crippen molar-refractivity contribution in [1.82, 2.24) is 9.78 Å². The molecule has 1 aromatic heterocycles. The number of amides is 1. The smallest absolute Gasteiger partial charge is 0.343 e. The highest BCUT2D eigenvalue weighted by atomic mass is 35.5. The van der Waals surface area contributed by atoms with Gasteiger partial charge in [-0.25, -0.2) is 17.9 Å². The maximum absolute atomic E-state index is 12.6. The summed E-state index contributed by atoms with van der Waals surface area (Å²) in [6.45, 7) is 1.08. The lowest BCUT2D eigenvalue weighted by Gasteiger charge is -2.10. The molecule has 0 unspecified atom stereocenters. The molecule has 0 saturated carbocycles. The summed E-state index contributed by atoms with van der Waals surface area (Å²) in [6, 6.07) is 8.82. The third-order valence-corrected chi connectivity index (χ3v) is 6.99. The Kier molecular flexibility index (Phi) is 8.15. The maximum Gasteiger partial charge on any atom is 0.343 e. The standard InChI is InChI=1S/C21H17Cl4N3O5S/c1-11-19(20(25)28(27-11)9-12-3-4-13(22)7-16(12)24)21(30)33-10-18(29)26-17-8-14(34(2,31)32)5-6-15(17)23/h3-8H,9-10H2,1-2H3,(H,26,29). The van der Waals surface area contributed by atoms with Crippen molar-refractivity contribution in [1.29, 1.82) is 0 Å². The predicted molar refractivity (Wildman–Crippen MR) is 131 cm³/mol. The molecule has 0 spiro atoms. The van der Waals surface area contributed by atoms with Gasteiger partial charge in [0.05, 0.1) is 27.8 Å². The molecule has 2 aromatic carbocycles. The maximum atomic E-state index is 12.6. The van der Waals surface area contributed by atoms with Crippen LogP contribution in [0.1, 0.15) is 21.6 Å². The number of anilines is 1. The van der Waals surface area contributed by atoms with Crippen molar-refractivity contribution in [2.24, 2.45) is 0 Å².